The Bertz CT molecular complexity index is 867. The van der Waals surface area contributed by atoms with Crippen LogP contribution in [0, 0.1) is 0 Å². The van der Waals surface area contributed by atoms with E-state index >= 15 is 0 Å². The molecule has 2 aromatic rings. The van der Waals surface area contributed by atoms with E-state index < -0.39 is 5.97 Å². The SMILES string of the molecule is CNC(=O)c1cc(C(=O)O)cc2c1OC(CI)C2c1cccc(OC)c1. The topological polar surface area (TPSA) is 84.9 Å². The van der Waals surface area contributed by atoms with Crippen LogP contribution < -0.4 is 14.8 Å². The van der Waals surface area contributed by atoms with E-state index in [1.54, 1.807) is 13.2 Å². The van der Waals surface area contributed by atoms with Gasteiger partial charge in [-0.15, -0.1) is 0 Å². The number of ether oxygens (including phenoxy) is 2. The zero-order valence-electron chi connectivity index (χ0n) is 14.3. The Kier molecular flexibility index (Phi) is 5.36. The first kappa shape index (κ1) is 18.5. The third-order valence-electron chi connectivity index (χ3n) is 4.42. The number of halogens is 1. The number of carbonyl (C=O) groups is 2. The second-order valence-electron chi connectivity index (χ2n) is 5.89. The Hall–Kier alpha value is -2.29. The molecular weight excluding hydrogens is 449 g/mol. The van der Waals surface area contributed by atoms with Crippen molar-refractivity contribution in [2.24, 2.45) is 0 Å². The number of methoxy groups -OCH3 is 1. The van der Waals surface area contributed by atoms with Crippen molar-refractivity contribution in [1.82, 2.24) is 5.32 Å². The number of rotatable bonds is 5. The van der Waals surface area contributed by atoms with Gasteiger partial charge in [-0.1, -0.05) is 34.7 Å². The van der Waals surface area contributed by atoms with Crippen molar-refractivity contribution in [1.29, 1.82) is 0 Å². The van der Waals surface area contributed by atoms with Gasteiger partial charge in [0.2, 0.25) is 0 Å². The predicted molar refractivity (Wildman–Crippen MR) is 105 cm³/mol. The Morgan fingerprint density at radius 2 is 2.08 bits per heavy atom. The Labute approximate surface area is 164 Å². The van der Waals surface area contributed by atoms with Crippen LogP contribution in [-0.2, 0) is 0 Å². The fourth-order valence-corrected chi connectivity index (χ4v) is 3.90. The van der Waals surface area contributed by atoms with E-state index in [-0.39, 0.29) is 29.1 Å². The molecule has 0 fully saturated rings. The van der Waals surface area contributed by atoms with Crippen LogP contribution in [0.15, 0.2) is 36.4 Å². The van der Waals surface area contributed by atoms with Crippen molar-refractivity contribution >= 4 is 34.5 Å². The van der Waals surface area contributed by atoms with Crippen LogP contribution in [0.2, 0.25) is 0 Å². The van der Waals surface area contributed by atoms with Crippen molar-refractivity contribution in [3.8, 4) is 11.5 Å². The molecule has 2 N–H and O–H groups in total. The van der Waals surface area contributed by atoms with Gasteiger partial charge in [0, 0.05) is 17.0 Å². The molecule has 0 radical (unpaired) electrons. The summed E-state index contributed by atoms with van der Waals surface area (Å²) in [5, 5.41) is 12.0. The largest absolute Gasteiger partial charge is 0.497 e. The number of carbonyl (C=O) groups excluding carboxylic acids is 1. The number of nitrogens with one attached hydrogen (secondary N) is 1. The highest BCUT2D eigenvalue weighted by atomic mass is 127. The van der Waals surface area contributed by atoms with Gasteiger partial charge in [0.25, 0.3) is 5.91 Å². The van der Waals surface area contributed by atoms with Crippen LogP contribution in [0.4, 0.5) is 0 Å². The van der Waals surface area contributed by atoms with E-state index in [0.29, 0.717) is 21.5 Å². The Morgan fingerprint density at radius 3 is 2.69 bits per heavy atom. The van der Waals surface area contributed by atoms with E-state index in [1.165, 1.54) is 13.1 Å². The van der Waals surface area contributed by atoms with Crippen LogP contribution >= 0.6 is 22.6 Å². The number of hydrogen-bond donors (Lipinski definition) is 2. The molecule has 6 nitrogen and oxygen atoms in total. The van der Waals surface area contributed by atoms with E-state index in [9.17, 15) is 14.7 Å². The number of fused-ring (bicyclic) bond motifs is 1. The zero-order chi connectivity index (χ0) is 18.8. The molecule has 2 aromatic carbocycles. The quantitative estimate of drug-likeness (QED) is 0.522. The molecule has 0 aliphatic carbocycles. The molecule has 0 aromatic heterocycles. The Morgan fingerprint density at radius 1 is 1.31 bits per heavy atom. The van der Waals surface area contributed by atoms with Crippen molar-refractivity contribution < 1.29 is 24.2 Å². The van der Waals surface area contributed by atoms with Gasteiger partial charge in [0.1, 0.15) is 17.6 Å². The minimum absolute atomic E-state index is 0.0629. The lowest BCUT2D eigenvalue weighted by molar-refractivity contribution is 0.0696. The summed E-state index contributed by atoms with van der Waals surface area (Å²) in [4.78, 5) is 23.8. The highest BCUT2D eigenvalue weighted by molar-refractivity contribution is 14.1. The van der Waals surface area contributed by atoms with Gasteiger partial charge in [0.15, 0.2) is 0 Å². The third kappa shape index (κ3) is 3.23. The maximum atomic E-state index is 12.3. The van der Waals surface area contributed by atoms with Crippen LogP contribution in [-0.4, -0.2) is 41.7 Å². The Balaban J connectivity index is 2.21. The summed E-state index contributed by atoms with van der Waals surface area (Å²) in [6, 6.07) is 10.6. The number of benzene rings is 2. The van der Waals surface area contributed by atoms with E-state index in [4.69, 9.17) is 9.47 Å². The standard InChI is InChI=1S/C19H18INO5/c1-21-18(22)14-8-11(19(23)24)7-13-16(15(9-20)26-17(13)14)10-4-3-5-12(6-10)25-2/h3-8,15-16H,9H2,1-2H3,(H,21,22)(H,23,24). The molecule has 0 bridgehead atoms. The highest BCUT2D eigenvalue weighted by Gasteiger charge is 2.38. The van der Waals surface area contributed by atoms with Gasteiger partial charge in [0.05, 0.1) is 24.2 Å². The number of amides is 1. The van der Waals surface area contributed by atoms with Crippen LogP contribution in [0.1, 0.15) is 37.8 Å². The van der Waals surface area contributed by atoms with E-state index in [2.05, 4.69) is 27.9 Å². The molecule has 2 unspecified atom stereocenters. The lowest BCUT2D eigenvalue weighted by Crippen LogP contribution is -2.22. The highest BCUT2D eigenvalue weighted by Crippen LogP contribution is 2.46. The smallest absolute Gasteiger partial charge is 0.335 e. The summed E-state index contributed by atoms with van der Waals surface area (Å²) >= 11 is 2.23. The lowest BCUT2D eigenvalue weighted by atomic mass is 9.87. The summed E-state index contributed by atoms with van der Waals surface area (Å²) in [5.41, 5.74) is 1.96. The van der Waals surface area contributed by atoms with Crippen LogP contribution in [0.25, 0.3) is 0 Å². The van der Waals surface area contributed by atoms with Gasteiger partial charge in [-0.25, -0.2) is 4.79 Å². The van der Waals surface area contributed by atoms with E-state index in [1.807, 2.05) is 24.3 Å². The average molecular weight is 467 g/mol. The zero-order valence-corrected chi connectivity index (χ0v) is 16.4. The fourth-order valence-electron chi connectivity index (χ4n) is 3.21. The molecule has 26 heavy (non-hydrogen) atoms. The molecule has 3 rings (SSSR count). The third-order valence-corrected chi connectivity index (χ3v) is 5.29. The molecular formula is C19H18INO5. The number of hydrogen-bond acceptors (Lipinski definition) is 4. The molecule has 0 spiro atoms. The van der Waals surface area contributed by atoms with Gasteiger partial charge in [-0.2, -0.15) is 0 Å². The van der Waals surface area contributed by atoms with Crippen molar-refractivity contribution in [2.45, 2.75) is 12.0 Å². The van der Waals surface area contributed by atoms with Crippen molar-refractivity contribution in [3.05, 3.63) is 58.7 Å². The number of alkyl halides is 1. The van der Waals surface area contributed by atoms with E-state index in [0.717, 1.165) is 5.56 Å². The molecule has 136 valence electrons. The summed E-state index contributed by atoms with van der Waals surface area (Å²) in [6.45, 7) is 0. The molecule has 0 saturated carbocycles. The number of carboxylic acids is 1. The first-order valence-corrected chi connectivity index (χ1v) is 9.52. The van der Waals surface area contributed by atoms with Crippen molar-refractivity contribution in [2.75, 3.05) is 18.6 Å². The molecule has 1 heterocycles. The molecule has 1 aliphatic heterocycles. The predicted octanol–water partition coefficient (Wildman–Crippen LogP) is 3.08. The molecule has 7 heteroatoms. The second kappa shape index (κ2) is 7.53. The average Bonchev–Trinajstić information content (AvgIpc) is 3.05. The summed E-state index contributed by atoms with van der Waals surface area (Å²) in [5.74, 6) is -0.476. The van der Waals surface area contributed by atoms with Gasteiger partial charge >= 0.3 is 5.97 Å². The molecule has 2 atom stereocenters. The lowest BCUT2D eigenvalue weighted by Gasteiger charge is -2.18. The first-order valence-electron chi connectivity index (χ1n) is 8.00. The van der Waals surface area contributed by atoms with Crippen LogP contribution in [0.3, 0.4) is 0 Å². The normalized spacial score (nSPS) is 18.0. The minimum atomic E-state index is -1.08. The monoisotopic (exact) mass is 467 g/mol. The maximum absolute atomic E-state index is 12.3. The van der Waals surface area contributed by atoms with Gasteiger partial charge in [-0.05, 0) is 29.8 Å². The van der Waals surface area contributed by atoms with Crippen molar-refractivity contribution in [3.63, 3.8) is 0 Å². The number of aromatic carboxylic acids is 1. The number of carboxylic acid groups (broad SMARTS) is 1. The molecule has 0 saturated heterocycles. The first-order chi connectivity index (χ1) is 12.5. The van der Waals surface area contributed by atoms with Crippen LogP contribution in [0.5, 0.6) is 11.5 Å². The fraction of sp³-hybridized carbons (Fsp3) is 0.263. The molecule has 1 aliphatic rings. The molecule has 1 amide bonds. The maximum Gasteiger partial charge on any atom is 0.335 e. The summed E-state index contributed by atoms with van der Waals surface area (Å²) in [6.07, 6.45) is -0.204. The minimum Gasteiger partial charge on any atom is -0.497 e. The second-order valence-corrected chi connectivity index (χ2v) is 6.77. The van der Waals surface area contributed by atoms with Gasteiger partial charge in [-0.3, -0.25) is 4.79 Å². The summed E-state index contributed by atoms with van der Waals surface area (Å²) < 4.78 is 12.1. The summed E-state index contributed by atoms with van der Waals surface area (Å²) in [7, 11) is 3.10. The van der Waals surface area contributed by atoms with Gasteiger partial charge < -0.3 is 19.9 Å².